The zero-order valence-electron chi connectivity index (χ0n) is 10.3. The lowest BCUT2D eigenvalue weighted by atomic mass is 9.80. The van der Waals surface area contributed by atoms with Crippen LogP contribution in [-0.2, 0) is 4.79 Å². The first-order chi connectivity index (χ1) is 7.74. The van der Waals surface area contributed by atoms with Crippen molar-refractivity contribution in [2.24, 2.45) is 11.8 Å². The van der Waals surface area contributed by atoms with E-state index in [-0.39, 0.29) is 5.91 Å². The summed E-state index contributed by atoms with van der Waals surface area (Å²) >= 11 is 5.57. The van der Waals surface area contributed by atoms with Crippen LogP contribution < -0.4 is 5.32 Å². The summed E-state index contributed by atoms with van der Waals surface area (Å²) in [6.07, 6.45) is 7.78. The van der Waals surface area contributed by atoms with E-state index in [0.717, 1.165) is 25.3 Å². The number of amides is 1. The Labute approximate surface area is 104 Å². The lowest BCUT2D eigenvalue weighted by molar-refractivity contribution is -0.121. The molecule has 0 aromatic heterocycles. The highest BCUT2D eigenvalue weighted by Gasteiger charge is 2.21. The molecular weight excluding hydrogens is 222 g/mol. The second-order valence-electron chi connectivity index (χ2n) is 4.97. The van der Waals surface area contributed by atoms with Gasteiger partial charge in [0.25, 0.3) is 0 Å². The topological polar surface area (TPSA) is 29.1 Å². The second-order valence-corrected chi connectivity index (χ2v) is 5.35. The zero-order valence-corrected chi connectivity index (χ0v) is 11.1. The van der Waals surface area contributed by atoms with Crippen molar-refractivity contribution in [2.45, 2.75) is 51.9 Å². The van der Waals surface area contributed by atoms with Gasteiger partial charge in [-0.3, -0.25) is 4.79 Å². The highest BCUT2D eigenvalue weighted by Crippen LogP contribution is 2.28. The molecule has 0 aromatic rings. The normalized spacial score (nSPS) is 25.4. The van der Waals surface area contributed by atoms with Crippen LogP contribution in [0.25, 0.3) is 0 Å². The lowest BCUT2D eigenvalue weighted by Gasteiger charge is -2.28. The van der Waals surface area contributed by atoms with Crippen molar-refractivity contribution in [3.63, 3.8) is 0 Å². The number of hydrogen-bond acceptors (Lipinski definition) is 1. The van der Waals surface area contributed by atoms with Gasteiger partial charge < -0.3 is 5.32 Å². The van der Waals surface area contributed by atoms with E-state index in [1.807, 2.05) is 0 Å². The van der Waals surface area contributed by atoms with Crippen LogP contribution in [0.2, 0.25) is 0 Å². The highest BCUT2D eigenvalue weighted by atomic mass is 35.5. The monoisotopic (exact) mass is 245 g/mol. The molecule has 2 nitrogen and oxygen atoms in total. The van der Waals surface area contributed by atoms with Crippen molar-refractivity contribution in [1.29, 1.82) is 0 Å². The van der Waals surface area contributed by atoms with Crippen molar-refractivity contribution in [3.8, 4) is 0 Å². The molecule has 1 N–H and O–H groups in total. The predicted octanol–water partition coefficient (Wildman–Crippen LogP) is 3.34. The Morgan fingerprint density at radius 1 is 1.31 bits per heavy atom. The van der Waals surface area contributed by atoms with Crippen LogP contribution in [0.4, 0.5) is 0 Å². The molecule has 2 unspecified atom stereocenters. The molecule has 16 heavy (non-hydrogen) atoms. The summed E-state index contributed by atoms with van der Waals surface area (Å²) in [6, 6.07) is 0. The Balaban J connectivity index is 2.10. The molecule has 1 fully saturated rings. The fourth-order valence-electron chi connectivity index (χ4n) is 2.41. The molecule has 0 heterocycles. The SMILES string of the molecule is CC1CCCCC1CNC(=O)CCCCCl. The smallest absolute Gasteiger partial charge is 0.220 e. The van der Waals surface area contributed by atoms with Crippen molar-refractivity contribution >= 4 is 17.5 Å². The van der Waals surface area contributed by atoms with Crippen LogP contribution in [-0.4, -0.2) is 18.3 Å². The zero-order chi connectivity index (χ0) is 11.8. The molecule has 0 saturated heterocycles. The van der Waals surface area contributed by atoms with Gasteiger partial charge in [-0.25, -0.2) is 0 Å². The van der Waals surface area contributed by atoms with Gasteiger partial charge in [0.15, 0.2) is 0 Å². The van der Waals surface area contributed by atoms with Crippen LogP contribution in [0.3, 0.4) is 0 Å². The number of unbranched alkanes of at least 4 members (excludes halogenated alkanes) is 1. The van der Waals surface area contributed by atoms with E-state index in [0.29, 0.717) is 18.2 Å². The lowest BCUT2D eigenvalue weighted by Crippen LogP contribution is -2.33. The van der Waals surface area contributed by atoms with Crippen molar-refractivity contribution in [2.75, 3.05) is 12.4 Å². The number of hydrogen-bond donors (Lipinski definition) is 1. The first kappa shape index (κ1) is 13.8. The molecule has 2 atom stereocenters. The number of carbonyl (C=O) groups excluding carboxylic acids is 1. The van der Waals surface area contributed by atoms with E-state index in [1.165, 1.54) is 25.7 Å². The van der Waals surface area contributed by atoms with Gasteiger partial charge in [-0.15, -0.1) is 11.6 Å². The number of nitrogens with one attached hydrogen (secondary N) is 1. The largest absolute Gasteiger partial charge is 0.356 e. The Morgan fingerprint density at radius 2 is 2.06 bits per heavy atom. The maximum Gasteiger partial charge on any atom is 0.220 e. The number of carbonyl (C=O) groups is 1. The molecule has 1 aliphatic rings. The molecule has 1 amide bonds. The molecular formula is C13H24ClNO. The first-order valence-electron chi connectivity index (χ1n) is 6.56. The average molecular weight is 246 g/mol. The van der Waals surface area contributed by atoms with Crippen LogP contribution in [0.15, 0.2) is 0 Å². The average Bonchev–Trinajstić information content (AvgIpc) is 2.28. The van der Waals surface area contributed by atoms with E-state index in [2.05, 4.69) is 12.2 Å². The Morgan fingerprint density at radius 3 is 2.75 bits per heavy atom. The van der Waals surface area contributed by atoms with Crippen molar-refractivity contribution < 1.29 is 4.79 Å². The standard InChI is InChI=1S/C13H24ClNO/c1-11-6-2-3-7-12(11)10-15-13(16)8-4-5-9-14/h11-12H,2-10H2,1H3,(H,15,16). The Hall–Kier alpha value is -0.240. The molecule has 1 saturated carbocycles. The fourth-order valence-corrected chi connectivity index (χ4v) is 2.60. The van der Waals surface area contributed by atoms with Crippen LogP contribution in [0.1, 0.15) is 51.9 Å². The molecule has 1 aliphatic carbocycles. The summed E-state index contributed by atoms with van der Waals surface area (Å²) in [7, 11) is 0. The number of rotatable bonds is 6. The quantitative estimate of drug-likeness (QED) is 0.565. The summed E-state index contributed by atoms with van der Waals surface area (Å²) < 4.78 is 0. The summed E-state index contributed by atoms with van der Waals surface area (Å²) in [4.78, 5) is 11.5. The van der Waals surface area contributed by atoms with Crippen LogP contribution >= 0.6 is 11.6 Å². The van der Waals surface area contributed by atoms with Gasteiger partial charge >= 0.3 is 0 Å². The third-order valence-electron chi connectivity index (χ3n) is 3.64. The van der Waals surface area contributed by atoms with E-state index in [1.54, 1.807) is 0 Å². The minimum absolute atomic E-state index is 0.197. The molecule has 0 spiro atoms. The maximum atomic E-state index is 11.5. The van der Waals surface area contributed by atoms with Gasteiger partial charge in [-0.2, -0.15) is 0 Å². The van der Waals surface area contributed by atoms with E-state index >= 15 is 0 Å². The maximum absolute atomic E-state index is 11.5. The van der Waals surface area contributed by atoms with E-state index in [4.69, 9.17) is 11.6 Å². The molecule has 0 radical (unpaired) electrons. The van der Waals surface area contributed by atoms with E-state index in [9.17, 15) is 4.79 Å². The third-order valence-corrected chi connectivity index (χ3v) is 3.91. The summed E-state index contributed by atoms with van der Waals surface area (Å²) in [5.74, 6) is 2.33. The van der Waals surface area contributed by atoms with Gasteiger partial charge in [0, 0.05) is 18.8 Å². The molecule has 94 valence electrons. The van der Waals surface area contributed by atoms with Gasteiger partial charge in [-0.05, 0) is 31.1 Å². The highest BCUT2D eigenvalue weighted by molar-refractivity contribution is 6.17. The summed E-state index contributed by atoms with van der Waals surface area (Å²) in [5.41, 5.74) is 0. The number of halogens is 1. The minimum Gasteiger partial charge on any atom is -0.356 e. The molecule has 0 aliphatic heterocycles. The van der Waals surface area contributed by atoms with Gasteiger partial charge in [0.2, 0.25) is 5.91 Å². The van der Waals surface area contributed by atoms with Gasteiger partial charge in [-0.1, -0.05) is 26.2 Å². The van der Waals surface area contributed by atoms with Crippen LogP contribution in [0.5, 0.6) is 0 Å². The molecule has 3 heteroatoms. The van der Waals surface area contributed by atoms with E-state index < -0.39 is 0 Å². The minimum atomic E-state index is 0.197. The Kier molecular flexibility index (Phi) is 6.86. The number of alkyl halides is 1. The molecule has 1 rings (SSSR count). The fraction of sp³-hybridized carbons (Fsp3) is 0.923. The molecule has 0 aromatic carbocycles. The Bertz CT molecular complexity index is 208. The third kappa shape index (κ3) is 5.20. The second kappa shape index (κ2) is 7.94. The van der Waals surface area contributed by atoms with Crippen molar-refractivity contribution in [1.82, 2.24) is 5.32 Å². The predicted molar refractivity (Wildman–Crippen MR) is 68.7 cm³/mol. The van der Waals surface area contributed by atoms with Gasteiger partial charge in [0.1, 0.15) is 0 Å². The summed E-state index contributed by atoms with van der Waals surface area (Å²) in [6.45, 7) is 3.18. The van der Waals surface area contributed by atoms with Crippen LogP contribution in [0, 0.1) is 11.8 Å². The van der Waals surface area contributed by atoms with Crippen molar-refractivity contribution in [3.05, 3.63) is 0 Å². The van der Waals surface area contributed by atoms with Gasteiger partial charge in [0.05, 0.1) is 0 Å². The summed E-state index contributed by atoms with van der Waals surface area (Å²) in [5, 5.41) is 3.06. The molecule has 0 bridgehead atoms. The first-order valence-corrected chi connectivity index (χ1v) is 7.10.